The molecule has 0 atom stereocenters. The third kappa shape index (κ3) is 11.2. The highest BCUT2D eigenvalue weighted by molar-refractivity contribution is 6.14. The zero-order chi connectivity index (χ0) is 26.8. The van der Waals surface area contributed by atoms with Gasteiger partial charge in [-0.15, -0.1) is 0 Å². The summed E-state index contributed by atoms with van der Waals surface area (Å²) in [6.07, 6.45) is 14.3. The molecule has 0 fully saturated rings. The summed E-state index contributed by atoms with van der Waals surface area (Å²) in [6.45, 7) is 4.47. The summed E-state index contributed by atoms with van der Waals surface area (Å²) in [5, 5.41) is 19.1. The van der Waals surface area contributed by atoms with Crippen molar-refractivity contribution in [2.75, 3.05) is 13.2 Å². The van der Waals surface area contributed by atoms with Gasteiger partial charge in [0.1, 0.15) is 0 Å². The maximum absolute atomic E-state index is 12.9. The molecule has 0 aliphatic carbocycles. The smallest absolute Gasteiger partial charge is 0.339 e. The lowest BCUT2D eigenvalue weighted by Crippen LogP contribution is -2.22. The molecule has 0 unspecified atom stereocenters. The van der Waals surface area contributed by atoms with Gasteiger partial charge in [-0.25, -0.2) is 19.2 Å². The SMILES string of the molecule is CCCCCCCCCOC(=O)c1ccc(C(=O)O)c(C(=O)O)c1C(=O)OCCCCCCCCC. The predicted octanol–water partition coefficient (Wildman–Crippen LogP) is 6.90. The van der Waals surface area contributed by atoms with E-state index in [2.05, 4.69) is 13.8 Å². The van der Waals surface area contributed by atoms with Gasteiger partial charge in [-0.3, -0.25) is 0 Å². The van der Waals surface area contributed by atoms with Crippen LogP contribution in [0.4, 0.5) is 0 Å². The maximum Gasteiger partial charge on any atom is 0.339 e. The molecule has 2 N–H and O–H groups in total. The van der Waals surface area contributed by atoms with Crippen molar-refractivity contribution >= 4 is 23.9 Å². The van der Waals surface area contributed by atoms with Gasteiger partial charge in [0.2, 0.25) is 0 Å². The monoisotopic (exact) mass is 506 g/mol. The van der Waals surface area contributed by atoms with Crippen LogP contribution in [-0.4, -0.2) is 47.3 Å². The summed E-state index contributed by atoms with van der Waals surface area (Å²) in [4.78, 5) is 49.1. The van der Waals surface area contributed by atoms with E-state index in [0.29, 0.717) is 12.8 Å². The summed E-state index contributed by atoms with van der Waals surface area (Å²) in [7, 11) is 0. The van der Waals surface area contributed by atoms with E-state index in [-0.39, 0.29) is 18.8 Å². The van der Waals surface area contributed by atoms with Crippen LogP contribution < -0.4 is 0 Å². The number of carboxylic acid groups (broad SMARTS) is 2. The van der Waals surface area contributed by atoms with Crippen molar-refractivity contribution in [1.29, 1.82) is 0 Å². The lowest BCUT2D eigenvalue weighted by atomic mass is 9.95. The minimum absolute atomic E-state index is 0.0511. The number of hydrogen-bond donors (Lipinski definition) is 2. The first kappa shape index (κ1) is 31.1. The molecular weight excluding hydrogens is 464 g/mol. The van der Waals surface area contributed by atoms with Crippen LogP contribution >= 0.6 is 0 Å². The van der Waals surface area contributed by atoms with Crippen LogP contribution in [-0.2, 0) is 9.47 Å². The molecule has 0 spiro atoms. The summed E-state index contributed by atoms with van der Waals surface area (Å²) in [5.74, 6) is -5.05. The second-order valence-corrected chi connectivity index (χ2v) is 9.04. The molecule has 202 valence electrons. The number of carboxylic acids is 2. The molecule has 0 saturated carbocycles. The maximum atomic E-state index is 12.9. The fraction of sp³-hybridized carbons (Fsp3) is 0.643. The van der Waals surface area contributed by atoms with Crippen LogP contribution in [0.25, 0.3) is 0 Å². The fourth-order valence-corrected chi connectivity index (χ4v) is 3.98. The Morgan fingerprint density at radius 2 is 0.972 bits per heavy atom. The van der Waals surface area contributed by atoms with Crippen molar-refractivity contribution < 1.29 is 38.9 Å². The molecule has 0 aliphatic rings. The minimum Gasteiger partial charge on any atom is -0.478 e. The van der Waals surface area contributed by atoms with Crippen molar-refractivity contribution in [2.45, 2.75) is 104 Å². The topological polar surface area (TPSA) is 127 Å². The standard InChI is InChI=1S/C28H42O8/c1-3-5-7-9-11-13-15-19-35-27(33)22-18-17-21(25(29)30)23(26(31)32)24(22)28(34)36-20-16-14-12-10-8-6-4-2/h17-18H,3-16,19-20H2,1-2H3,(H,29,30)(H,31,32). The van der Waals surface area contributed by atoms with Crippen molar-refractivity contribution in [3.8, 4) is 0 Å². The highest BCUT2D eigenvalue weighted by Crippen LogP contribution is 2.23. The molecule has 1 aromatic carbocycles. The van der Waals surface area contributed by atoms with Crippen molar-refractivity contribution in [2.24, 2.45) is 0 Å². The van der Waals surface area contributed by atoms with Crippen LogP contribution in [0, 0.1) is 0 Å². The molecule has 1 aromatic rings. The number of ether oxygens (including phenoxy) is 2. The molecule has 8 heteroatoms. The zero-order valence-corrected chi connectivity index (χ0v) is 21.8. The molecule has 36 heavy (non-hydrogen) atoms. The van der Waals surface area contributed by atoms with E-state index in [1.54, 1.807) is 0 Å². The van der Waals surface area contributed by atoms with E-state index in [1.807, 2.05) is 0 Å². The number of benzene rings is 1. The van der Waals surface area contributed by atoms with Crippen molar-refractivity contribution in [3.05, 3.63) is 34.4 Å². The van der Waals surface area contributed by atoms with Gasteiger partial charge < -0.3 is 19.7 Å². The van der Waals surface area contributed by atoms with Gasteiger partial charge >= 0.3 is 23.9 Å². The highest BCUT2D eigenvalue weighted by atomic mass is 16.5. The molecule has 0 amide bonds. The van der Waals surface area contributed by atoms with E-state index >= 15 is 0 Å². The van der Waals surface area contributed by atoms with E-state index in [4.69, 9.17) is 9.47 Å². The number of hydrogen-bond acceptors (Lipinski definition) is 6. The number of carbonyl (C=O) groups is 4. The summed E-state index contributed by atoms with van der Waals surface area (Å²) >= 11 is 0. The van der Waals surface area contributed by atoms with Gasteiger partial charge in [-0.1, -0.05) is 90.9 Å². The van der Waals surface area contributed by atoms with Gasteiger partial charge in [-0.05, 0) is 25.0 Å². The normalized spacial score (nSPS) is 10.7. The number of aromatic carboxylic acids is 2. The Morgan fingerprint density at radius 3 is 1.42 bits per heavy atom. The Morgan fingerprint density at radius 1 is 0.556 bits per heavy atom. The second-order valence-electron chi connectivity index (χ2n) is 9.04. The predicted molar refractivity (Wildman–Crippen MR) is 137 cm³/mol. The first-order valence-corrected chi connectivity index (χ1v) is 13.3. The zero-order valence-electron chi connectivity index (χ0n) is 21.8. The van der Waals surface area contributed by atoms with Gasteiger partial charge in [0.15, 0.2) is 0 Å². The summed E-state index contributed by atoms with van der Waals surface area (Å²) < 4.78 is 10.5. The molecule has 0 aliphatic heterocycles. The van der Waals surface area contributed by atoms with E-state index in [1.165, 1.54) is 25.7 Å². The lowest BCUT2D eigenvalue weighted by Gasteiger charge is -2.14. The van der Waals surface area contributed by atoms with E-state index < -0.39 is 40.6 Å². The Bertz CT molecular complexity index is 846. The lowest BCUT2D eigenvalue weighted by molar-refractivity contribution is 0.0444. The van der Waals surface area contributed by atoms with Crippen LogP contribution in [0.3, 0.4) is 0 Å². The minimum atomic E-state index is -1.63. The summed E-state index contributed by atoms with van der Waals surface area (Å²) in [5.41, 5.74) is -2.23. The van der Waals surface area contributed by atoms with Gasteiger partial charge in [0.25, 0.3) is 0 Å². The van der Waals surface area contributed by atoms with Crippen LogP contribution in [0.5, 0.6) is 0 Å². The molecule has 0 saturated heterocycles. The number of carbonyl (C=O) groups excluding carboxylic acids is 2. The van der Waals surface area contributed by atoms with E-state index in [9.17, 15) is 29.4 Å². The third-order valence-electron chi connectivity index (χ3n) is 6.04. The van der Waals surface area contributed by atoms with Crippen LogP contribution in [0.2, 0.25) is 0 Å². The fourth-order valence-electron chi connectivity index (χ4n) is 3.98. The average molecular weight is 507 g/mol. The average Bonchev–Trinajstić information content (AvgIpc) is 2.85. The van der Waals surface area contributed by atoms with Crippen molar-refractivity contribution in [3.63, 3.8) is 0 Å². The van der Waals surface area contributed by atoms with E-state index in [0.717, 1.165) is 63.5 Å². The molecule has 0 radical (unpaired) electrons. The molecule has 1 rings (SSSR count). The van der Waals surface area contributed by atoms with Crippen molar-refractivity contribution in [1.82, 2.24) is 0 Å². The number of rotatable bonds is 20. The van der Waals surface area contributed by atoms with Gasteiger partial charge in [-0.2, -0.15) is 0 Å². The second kappa shape index (κ2) is 18.4. The Hall–Kier alpha value is -2.90. The Balaban J connectivity index is 2.85. The first-order valence-electron chi connectivity index (χ1n) is 13.3. The Kier molecular flexibility index (Phi) is 15.9. The van der Waals surface area contributed by atoms with Gasteiger partial charge in [0.05, 0.1) is 35.5 Å². The summed E-state index contributed by atoms with van der Waals surface area (Å²) in [6, 6.07) is 2.12. The first-order chi connectivity index (χ1) is 17.3. The number of esters is 2. The van der Waals surface area contributed by atoms with Gasteiger partial charge in [0, 0.05) is 0 Å². The quantitative estimate of drug-likeness (QED) is 0.144. The third-order valence-corrected chi connectivity index (χ3v) is 6.04. The highest BCUT2D eigenvalue weighted by Gasteiger charge is 2.31. The molecule has 0 aromatic heterocycles. The van der Waals surface area contributed by atoms with Crippen LogP contribution in [0.1, 0.15) is 145 Å². The molecular formula is C28H42O8. The number of unbranched alkanes of at least 4 members (excludes halogenated alkanes) is 12. The molecule has 0 bridgehead atoms. The molecule has 8 nitrogen and oxygen atoms in total. The van der Waals surface area contributed by atoms with Crippen LogP contribution in [0.15, 0.2) is 12.1 Å². The Labute approximate surface area is 214 Å². The largest absolute Gasteiger partial charge is 0.478 e. The molecule has 0 heterocycles.